The SMILES string of the molecule is CC[C@H]1C(=O)O[C@@H](C(C)(C)C)OC1(C)C. The van der Waals surface area contributed by atoms with Crippen LogP contribution in [0.2, 0.25) is 0 Å². The molecule has 1 rings (SSSR count). The minimum Gasteiger partial charge on any atom is -0.435 e. The first kappa shape index (κ1) is 12.5. The zero-order valence-corrected chi connectivity index (χ0v) is 10.6. The van der Waals surface area contributed by atoms with Gasteiger partial charge in [-0.1, -0.05) is 27.7 Å². The van der Waals surface area contributed by atoms with E-state index in [-0.39, 0.29) is 17.3 Å². The normalized spacial score (nSPS) is 31.2. The van der Waals surface area contributed by atoms with Crippen molar-refractivity contribution in [2.45, 2.75) is 59.9 Å². The van der Waals surface area contributed by atoms with Crippen molar-refractivity contribution in [1.29, 1.82) is 0 Å². The molecule has 0 N–H and O–H groups in total. The molecule has 1 saturated heterocycles. The quantitative estimate of drug-likeness (QED) is 0.630. The van der Waals surface area contributed by atoms with Crippen LogP contribution >= 0.6 is 0 Å². The molecule has 0 unspecified atom stereocenters. The Morgan fingerprint density at radius 3 is 2.20 bits per heavy atom. The van der Waals surface area contributed by atoms with E-state index in [1.807, 2.05) is 41.5 Å². The van der Waals surface area contributed by atoms with Gasteiger partial charge in [-0.15, -0.1) is 0 Å². The number of ether oxygens (including phenoxy) is 2. The van der Waals surface area contributed by atoms with Crippen molar-refractivity contribution in [2.75, 3.05) is 0 Å². The lowest BCUT2D eigenvalue weighted by molar-refractivity contribution is -0.281. The second-order valence-corrected chi connectivity index (χ2v) is 5.82. The highest BCUT2D eigenvalue weighted by atomic mass is 16.7. The molecular weight excluding hydrogens is 192 g/mol. The molecule has 0 amide bonds. The molecule has 1 aliphatic rings. The predicted octanol–water partition coefficient (Wildman–Crippen LogP) is 2.74. The average Bonchev–Trinajstić information content (AvgIpc) is 1.99. The molecular formula is C12H22O3. The summed E-state index contributed by atoms with van der Waals surface area (Å²) >= 11 is 0. The van der Waals surface area contributed by atoms with E-state index < -0.39 is 11.9 Å². The Morgan fingerprint density at radius 1 is 1.33 bits per heavy atom. The van der Waals surface area contributed by atoms with Crippen LogP contribution in [0.3, 0.4) is 0 Å². The van der Waals surface area contributed by atoms with Crippen LogP contribution in [-0.4, -0.2) is 17.9 Å². The highest BCUT2D eigenvalue weighted by Gasteiger charge is 2.47. The lowest BCUT2D eigenvalue weighted by Gasteiger charge is -2.44. The smallest absolute Gasteiger partial charge is 0.314 e. The second kappa shape index (κ2) is 3.78. The first-order valence-corrected chi connectivity index (χ1v) is 5.57. The van der Waals surface area contributed by atoms with Crippen LogP contribution in [0, 0.1) is 11.3 Å². The third-order valence-corrected chi connectivity index (χ3v) is 2.87. The Labute approximate surface area is 92.1 Å². The number of hydrogen-bond donors (Lipinski definition) is 0. The molecule has 2 atom stereocenters. The Morgan fingerprint density at radius 2 is 1.87 bits per heavy atom. The van der Waals surface area contributed by atoms with Crippen molar-refractivity contribution >= 4 is 5.97 Å². The molecule has 0 aromatic carbocycles. The maximum absolute atomic E-state index is 11.8. The summed E-state index contributed by atoms with van der Waals surface area (Å²) in [7, 11) is 0. The Hall–Kier alpha value is -0.570. The van der Waals surface area contributed by atoms with Crippen LogP contribution in [0.5, 0.6) is 0 Å². The lowest BCUT2D eigenvalue weighted by atomic mass is 9.85. The van der Waals surface area contributed by atoms with E-state index in [9.17, 15) is 4.79 Å². The van der Waals surface area contributed by atoms with Crippen LogP contribution in [0.4, 0.5) is 0 Å². The van der Waals surface area contributed by atoms with E-state index in [0.29, 0.717) is 0 Å². The van der Waals surface area contributed by atoms with Crippen LogP contribution in [-0.2, 0) is 14.3 Å². The van der Waals surface area contributed by atoms with E-state index >= 15 is 0 Å². The maximum atomic E-state index is 11.8. The molecule has 3 nitrogen and oxygen atoms in total. The van der Waals surface area contributed by atoms with Crippen LogP contribution in [0.25, 0.3) is 0 Å². The van der Waals surface area contributed by atoms with Gasteiger partial charge < -0.3 is 9.47 Å². The molecule has 1 heterocycles. The molecule has 0 saturated carbocycles. The fourth-order valence-electron chi connectivity index (χ4n) is 1.87. The van der Waals surface area contributed by atoms with Gasteiger partial charge in [-0.05, 0) is 20.3 Å². The molecule has 0 aliphatic carbocycles. The molecule has 0 bridgehead atoms. The van der Waals surface area contributed by atoms with Crippen LogP contribution in [0.15, 0.2) is 0 Å². The number of carbonyl (C=O) groups is 1. The molecule has 0 aromatic heterocycles. The van der Waals surface area contributed by atoms with E-state index in [1.54, 1.807) is 0 Å². The Kier molecular flexibility index (Phi) is 3.15. The number of carbonyl (C=O) groups excluding carboxylic acids is 1. The van der Waals surface area contributed by atoms with E-state index in [2.05, 4.69) is 0 Å². The fourth-order valence-corrected chi connectivity index (χ4v) is 1.87. The lowest BCUT2D eigenvalue weighted by Crippen LogP contribution is -2.53. The largest absolute Gasteiger partial charge is 0.435 e. The number of esters is 1. The summed E-state index contributed by atoms with van der Waals surface area (Å²) in [5, 5.41) is 0. The van der Waals surface area contributed by atoms with Gasteiger partial charge in [-0.3, -0.25) is 4.79 Å². The van der Waals surface area contributed by atoms with Gasteiger partial charge >= 0.3 is 5.97 Å². The van der Waals surface area contributed by atoms with Gasteiger partial charge in [0.1, 0.15) is 0 Å². The van der Waals surface area contributed by atoms with E-state index in [0.717, 1.165) is 6.42 Å². The standard InChI is InChI=1S/C12H22O3/c1-7-8-9(13)14-10(11(2,3)4)15-12(8,5)6/h8,10H,7H2,1-6H3/t8-,10+/m0/s1. The monoisotopic (exact) mass is 214 g/mol. The van der Waals surface area contributed by atoms with Crippen molar-refractivity contribution in [3.05, 3.63) is 0 Å². The summed E-state index contributed by atoms with van der Waals surface area (Å²) in [6.07, 6.45) is 0.311. The van der Waals surface area contributed by atoms with Crippen molar-refractivity contribution in [1.82, 2.24) is 0 Å². The third-order valence-electron chi connectivity index (χ3n) is 2.87. The van der Waals surface area contributed by atoms with Crippen LogP contribution in [0.1, 0.15) is 48.0 Å². The van der Waals surface area contributed by atoms with Gasteiger partial charge in [0.25, 0.3) is 0 Å². The first-order valence-electron chi connectivity index (χ1n) is 5.57. The molecule has 0 aromatic rings. The van der Waals surface area contributed by atoms with Crippen LogP contribution < -0.4 is 0 Å². The summed E-state index contributed by atoms with van der Waals surface area (Å²) < 4.78 is 11.2. The molecule has 0 radical (unpaired) electrons. The number of rotatable bonds is 1. The van der Waals surface area contributed by atoms with Gasteiger partial charge in [0.05, 0.1) is 11.5 Å². The fraction of sp³-hybridized carbons (Fsp3) is 0.917. The summed E-state index contributed by atoms with van der Waals surface area (Å²) in [5.74, 6) is -0.287. The maximum Gasteiger partial charge on any atom is 0.314 e. The highest BCUT2D eigenvalue weighted by Crippen LogP contribution is 2.37. The number of hydrogen-bond acceptors (Lipinski definition) is 3. The Balaban J connectivity index is 2.87. The van der Waals surface area contributed by atoms with Gasteiger partial charge in [-0.2, -0.15) is 0 Å². The average molecular weight is 214 g/mol. The molecule has 3 heteroatoms. The Bertz CT molecular complexity index is 250. The van der Waals surface area contributed by atoms with E-state index in [1.165, 1.54) is 0 Å². The minimum atomic E-state index is -0.442. The third kappa shape index (κ3) is 2.51. The van der Waals surface area contributed by atoms with Crippen molar-refractivity contribution in [3.63, 3.8) is 0 Å². The summed E-state index contributed by atoms with van der Waals surface area (Å²) in [4.78, 5) is 11.8. The van der Waals surface area contributed by atoms with Gasteiger partial charge in [0, 0.05) is 5.41 Å². The molecule has 88 valence electrons. The van der Waals surface area contributed by atoms with E-state index in [4.69, 9.17) is 9.47 Å². The summed E-state index contributed by atoms with van der Waals surface area (Å²) in [6.45, 7) is 11.9. The summed E-state index contributed by atoms with van der Waals surface area (Å²) in [5.41, 5.74) is -0.604. The van der Waals surface area contributed by atoms with Crippen molar-refractivity contribution < 1.29 is 14.3 Å². The summed E-state index contributed by atoms with van der Waals surface area (Å²) in [6, 6.07) is 0. The predicted molar refractivity (Wildman–Crippen MR) is 58.3 cm³/mol. The zero-order valence-electron chi connectivity index (χ0n) is 10.6. The molecule has 15 heavy (non-hydrogen) atoms. The highest BCUT2D eigenvalue weighted by molar-refractivity contribution is 5.74. The molecule has 1 fully saturated rings. The molecule has 0 spiro atoms. The van der Waals surface area contributed by atoms with Crippen molar-refractivity contribution in [3.8, 4) is 0 Å². The van der Waals surface area contributed by atoms with Gasteiger partial charge in [0.2, 0.25) is 6.29 Å². The molecule has 1 aliphatic heterocycles. The van der Waals surface area contributed by atoms with Crippen molar-refractivity contribution in [2.24, 2.45) is 11.3 Å². The topological polar surface area (TPSA) is 35.5 Å². The minimum absolute atomic E-state index is 0.131. The van der Waals surface area contributed by atoms with Gasteiger partial charge in [0.15, 0.2) is 0 Å². The first-order chi connectivity index (χ1) is 6.68. The zero-order chi connectivity index (χ0) is 11.9. The number of cyclic esters (lactones) is 1. The van der Waals surface area contributed by atoms with Gasteiger partial charge in [-0.25, -0.2) is 0 Å². The second-order valence-electron chi connectivity index (χ2n) is 5.82.